The maximum atomic E-state index is 6.40. The summed E-state index contributed by atoms with van der Waals surface area (Å²) in [5.41, 5.74) is 9.24. The Hall–Kier alpha value is -7.55. The Labute approximate surface area is 328 Å². The van der Waals surface area contributed by atoms with Gasteiger partial charge in [-0.3, -0.25) is 0 Å². The lowest BCUT2D eigenvalue weighted by Crippen LogP contribution is -2.00. The van der Waals surface area contributed by atoms with E-state index >= 15 is 0 Å². The van der Waals surface area contributed by atoms with Gasteiger partial charge in [0, 0.05) is 64.1 Å². The first-order valence-corrected chi connectivity index (χ1v) is 19.5. The van der Waals surface area contributed by atoms with E-state index in [9.17, 15) is 0 Å². The van der Waals surface area contributed by atoms with Crippen LogP contribution in [0.2, 0.25) is 0 Å². The normalized spacial score (nSPS) is 11.9. The van der Waals surface area contributed by atoms with Crippen LogP contribution in [0.4, 0.5) is 0 Å². The van der Waals surface area contributed by atoms with Crippen molar-refractivity contribution < 1.29 is 8.83 Å². The molecule has 0 amide bonds. The summed E-state index contributed by atoms with van der Waals surface area (Å²) in [7, 11) is 0. The first-order chi connectivity index (χ1) is 28.2. The molecule has 0 aliphatic rings. The van der Waals surface area contributed by atoms with Crippen LogP contribution in [0.5, 0.6) is 0 Å². The number of furan rings is 2. The van der Waals surface area contributed by atoms with Crippen LogP contribution in [0.15, 0.2) is 173 Å². The monoisotopic (exact) mass is 749 g/mol. The number of rotatable bonds is 5. The van der Waals surface area contributed by atoms with Gasteiger partial charge >= 0.3 is 0 Å². The van der Waals surface area contributed by atoms with Crippen molar-refractivity contribution in [2.75, 3.05) is 0 Å². The van der Waals surface area contributed by atoms with Crippen molar-refractivity contribution in [3.8, 4) is 56.8 Å². The summed E-state index contributed by atoms with van der Waals surface area (Å²) in [4.78, 5) is 25.8. The van der Waals surface area contributed by atoms with Gasteiger partial charge in [0.25, 0.3) is 0 Å². The number of nitrogens with zero attached hydrogens (tertiary/aromatic N) is 5. The molecule has 5 heterocycles. The summed E-state index contributed by atoms with van der Waals surface area (Å²) in [6.07, 6.45) is 0. The van der Waals surface area contributed by atoms with E-state index < -0.39 is 0 Å². The van der Waals surface area contributed by atoms with Crippen LogP contribution in [0.25, 0.3) is 121 Å². The lowest BCUT2D eigenvalue weighted by Gasteiger charge is -2.10. The molecule has 0 saturated heterocycles. The van der Waals surface area contributed by atoms with Gasteiger partial charge in [-0.15, -0.1) is 11.3 Å². The minimum atomic E-state index is 0.570. The smallest absolute Gasteiger partial charge is 0.180 e. The number of hydrogen-bond acceptors (Lipinski definition) is 8. The molecule has 57 heavy (non-hydrogen) atoms. The Balaban J connectivity index is 1.07. The summed E-state index contributed by atoms with van der Waals surface area (Å²) < 4.78 is 14.9. The number of hydrogen-bond donors (Lipinski definition) is 0. The second kappa shape index (κ2) is 12.5. The molecule has 0 unspecified atom stereocenters. The molecule has 0 aliphatic heterocycles. The molecule has 8 heteroatoms. The van der Waals surface area contributed by atoms with E-state index in [0.29, 0.717) is 28.9 Å². The zero-order chi connectivity index (χ0) is 37.5. The molecule has 5 aromatic heterocycles. The van der Waals surface area contributed by atoms with Gasteiger partial charge in [0.05, 0.1) is 0 Å². The van der Waals surface area contributed by atoms with Crippen molar-refractivity contribution in [3.63, 3.8) is 0 Å². The maximum Gasteiger partial charge on any atom is 0.180 e. The zero-order valence-corrected chi connectivity index (χ0v) is 30.9. The summed E-state index contributed by atoms with van der Waals surface area (Å²) in [6.45, 7) is 0. The third kappa shape index (κ3) is 5.08. The molecule has 0 fully saturated rings. The van der Waals surface area contributed by atoms with E-state index in [2.05, 4.69) is 72.8 Å². The van der Waals surface area contributed by atoms with Crippen molar-refractivity contribution >= 4 is 75.5 Å². The number of aromatic nitrogens is 5. The van der Waals surface area contributed by atoms with Crippen molar-refractivity contribution in [2.45, 2.75) is 0 Å². The van der Waals surface area contributed by atoms with Crippen LogP contribution in [0.1, 0.15) is 0 Å². The van der Waals surface area contributed by atoms with Gasteiger partial charge < -0.3 is 8.83 Å². The number of fused-ring (bicyclic) bond motifs is 9. The van der Waals surface area contributed by atoms with Gasteiger partial charge in [0.1, 0.15) is 28.0 Å². The lowest BCUT2D eigenvalue weighted by molar-refractivity contribution is 0.667. The predicted octanol–water partition coefficient (Wildman–Crippen LogP) is 13.2. The molecule has 0 saturated carbocycles. The second-order valence-electron chi connectivity index (χ2n) is 14.0. The molecule has 12 aromatic rings. The molecule has 0 N–H and O–H groups in total. The minimum Gasteiger partial charge on any atom is -0.456 e. The third-order valence-electron chi connectivity index (χ3n) is 10.6. The molecule has 0 bridgehead atoms. The van der Waals surface area contributed by atoms with Crippen molar-refractivity contribution in [1.29, 1.82) is 0 Å². The molecule has 12 rings (SSSR count). The van der Waals surface area contributed by atoms with Crippen LogP contribution in [-0.4, -0.2) is 24.9 Å². The second-order valence-corrected chi connectivity index (χ2v) is 15.0. The molecule has 0 radical (unpaired) electrons. The number of benzene rings is 7. The third-order valence-corrected chi connectivity index (χ3v) is 11.8. The fourth-order valence-electron chi connectivity index (χ4n) is 7.92. The standard InChI is InChI=1S/C49H27N5O2S/c1-3-13-28(14-4-1)42-44-43(33-18-8-10-23-38(33)56-44)51-49(50-42)36-21-11-19-34-41-35(20-12-24-40(41)57-45(34)36)48-53-46(29-15-5-2-6-16-29)52-47(54-48)30-25-26-32-31-17-7-9-22-37(31)55-39(32)27-30/h1-27H. The van der Waals surface area contributed by atoms with Crippen LogP contribution in [0.3, 0.4) is 0 Å². The topological polar surface area (TPSA) is 90.7 Å². The maximum absolute atomic E-state index is 6.40. The van der Waals surface area contributed by atoms with Crippen LogP contribution in [-0.2, 0) is 0 Å². The molecule has 0 spiro atoms. The molecular weight excluding hydrogens is 723 g/mol. The number of thiophene rings is 1. The zero-order valence-electron chi connectivity index (χ0n) is 30.0. The summed E-state index contributed by atoms with van der Waals surface area (Å²) in [5.74, 6) is 2.40. The Morgan fingerprint density at radius 2 is 1.00 bits per heavy atom. The van der Waals surface area contributed by atoms with Crippen molar-refractivity contribution in [2.24, 2.45) is 0 Å². The summed E-state index contributed by atoms with van der Waals surface area (Å²) >= 11 is 1.72. The largest absolute Gasteiger partial charge is 0.456 e. The Kier molecular flexibility index (Phi) is 6.96. The fraction of sp³-hybridized carbons (Fsp3) is 0. The first-order valence-electron chi connectivity index (χ1n) is 18.7. The molecule has 0 atom stereocenters. The van der Waals surface area contributed by atoms with Crippen LogP contribution >= 0.6 is 11.3 Å². The molecule has 0 aliphatic carbocycles. The van der Waals surface area contributed by atoms with Gasteiger partial charge in [-0.2, -0.15) is 0 Å². The van der Waals surface area contributed by atoms with E-state index in [4.69, 9.17) is 33.8 Å². The molecular formula is C49H27N5O2S. The van der Waals surface area contributed by atoms with E-state index in [1.54, 1.807) is 11.3 Å². The Morgan fingerprint density at radius 3 is 1.82 bits per heavy atom. The predicted molar refractivity (Wildman–Crippen MR) is 230 cm³/mol. The minimum absolute atomic E-state index is 0.570. The Bertz CT molecular complexity index is 3540. The van der Waals surface area contributed by atoms with Gasteiger partial charge in [-0.05, 0) is 42.5 Å². The average Bonchev–Trinajstić information content (AvgIpc) is 3.97. The van der Waals surface area contributed by atoms with E-state index in [1.165, 1.54) is 0 Å². The van der Waals surface area contributed by atoms with Gasteiger partial charge in [0.2, 0.25) is 0 Å². The van der Waals surface area contributed by atoms with Gasteiger partial charge in [-0.1, -0.05) is 121 Å². The highest BCUT2D eigenvalue weighted by Crippen LogP contribution is 2.44. The highest BCUT2D eigenvalue weighted by molar-refractivity contribution is 7.26. The summed E-state index contributed by atoms with van der Waals surface area (Å²) in [5, 5.41) is 5.24. The van der Waals surface area contributed by atoms with E-state index in [-0.39, 0.29) is 0 Å². The van der Waals surface area contributed by atoms with Crippen LogP contribution < -0.4 is 0 Å². The molecule has 7 nitrogen and oxygen atoms in total. The van der Waals surface area contributed by atoms with Crippen LogP contribution in [0, 0.1) is 0 Å². The van der Waals surface area contributed by atoms with Crippen molar-refractivity contribution in [3.05, 3.63) is 164 Å². The highest BCUT2D eigenvalue weighted by atomic mass is 32.1. The summed E-state index contributed by atoms with van der Waals surface area (Å²) in [6, 6.07) is 55.2. The first kappa shape index (κ1) is 31.8. The van der Waals surface area contributed by atoms with Gasteiger partial charge in [-0.25, -0.2) is 24.9 Å². The Morgan fingerprint density at radius 1 is 0.386 bits per heavy atom. The number of para-hydroxylation sites is 2. The van der Waals surface area contributed by atoms with Gasteiger partial charge in [0.15, 0.2) is 28.9 Å². The molecule has 266 valence electrons. The SMILES string of the molecule is c1ccc(-c2nc(-c3ccc4c(c3)oc3ccccc34)nc(-c3cccc4sc5c(-c6nc(-c7ccccc7)c7oc8ccccc8c7n6)cccc5c34)n2)cc1. The van der Waals surface area contributed by atoms with Crippen molar-refractivity contribution in [1.82, 2.24) is 24.9 Å². The quantitative estimate of drug-likeness (QED) is 0.173. The lowest BCUT2D eigenvalue weighted by atomic mass is 10.0. The average molecular weight is 750 g/mol. The highest BCUT2D eigenvalue weighted by Gasteiger charge is 2.22. The van der Waals surface area contributed by atoms with E-state index in [1.807, 2.05) is 91.0 Å². The molecule has 7 aromatic carbocycles. The van der Waals surface area contributed by atoms with E-state index in [0.717, 1.165) is 92.1 Å². The fourth-order valence-corrected chi connectivity index (χ4v) is 9.16.